The van der Waals surface area contributed by atoms with Gasteiger partial charge in [-0.15, -0.1) is 0 Å². The Morgan fingerprint density at radius 1 is 1.62 bits per heavy atom. The van der Waals surface area contributed by atoms with Crippen molar-refractivity contribution in [3.63, 3.8) is 0 Å². The van der Waals surface area contributed by atoms with E-state index < -0.39 is 12.1 Å². The Morgan fingerprint density at radius 2 is 2.44 bits per heavy atom. The van der Waals surface area contributed by atoms with Crippen LogP contribution in [0.3, 0.4) is 0 Å². The number of hydrogen-bond acceptors (Lipinski definition) is 3. The molecule has 0 saturated heterocycles. The molecule has 0 amide bonds. The molecule has 1 N–H and O–H groups in total. The van der Waals surface area contributed by atoms with Crippen molar-refractivity contribution in [2.75, 3.05) is 6.61 Å². The van der Waals surface area contributed by atoms with Crippen molar-refractivity contribution in [1.82, 2.24) is 4.98 Å². The summed E-state index contributed by atoms with van der Waals surface area (Å²) in [4.78, 5) is 14.7. The van der Waals surface area contributed by atoms with Crippen molar-refractivity contribution in [3.8, 4) is 0 Å². The average molecular weight is 223 g/mol. The number of carboxylic acids is 1. The molecule has 0 bridgehead atoms. The highest BCUT2D eigenvalue weighted by Crippen LogP contribution is 2.03. The summed E-state index contributed by atoms with van der Waals surface area (Å²) < 4.78 is 5.25. The Balaban J connectivity index is 2.19. The van der Waals surface area contributed by atoms with Gasteiger partial charge in [-0.3, -0.25) is 4.98 Å². The minimum Gasteiger partial charge on any atom is -0.479 e. The summed E-state index contributed by atoms with van der Waals surface area (Å²) in [6.45, 7) is 2.28. The van der Waals surface area contributed by atoms with Crippen LogP contribution in [0.15, 0.2) is 24.5 Å². The van der Waals surface area contributed by atoms with Crippen molar-refractivity contribution < 1.29 is 14.6 Å². The summed E-state index contributed by atoms with van der Waals surface area (Å²) in [6, 6.07) is 3.89. The topological polar surface area (TPSA) is 59.4 Å². The van der Waals surface area contributed by atoms with Crippen molar-refractivity contribution in [2.45, 2.75) is 32.3 Å². The summed E-state index contributed by atoms with van der Waals surface area (Å²) in [5.74, 6) is -0.885. The first kappa shape index (κ1) is 12.6. The maximum Gasteiger partial charge on any atom is 0.332 e. The van der Waals surface area contributed by atoms with Gasteiger partial charge in [0.2, 0.25) is 0 Å². The average Bonchev–Trinajstić information content (AvgIpc) is 2.30. The molecule has 1 unspecified atom stereocenters. The monoisotopic (exact) mass is 223 g/mol. The van der Waals surface area contributed by atoms with Gasteiger partial charge in [-0.1, -0.05) is 13.0 Å². The van der Waals surface area contributed by atoms with Crippen LogP contribution in [0.1, 0.15) is 25.3 Å². The number of carbonyl (C=O) groups is 1. The van der Waals surface area contributed by atoms with Crippen LogP contribution in [-0.2, 0) is 16.0 Å². The number of aliphatic carboxylic acids is 1. The van der Waals surface area contributed by atoms with Crippen LogP contribution in [0.4, 0.5) is 0 Å². The van der Waals surface area contributed by atoms with Gasteiger partial charge in [0.15, 0.2) is 6.10 Å². The van der Waals surface area contributed by atoms with Gasteiger partial charge in [0.25, 0.3) is 0 Å². The van der Waals surface area contributed by atoms with Crippen LogP contribution in [0.2, 0.25) is 0 Å². The molecule has 0 spiro atoms. The molecule has 88 valence electrons. The smallest absolute Gasteiger partial charge is 0.332 e. The van der Waals surface area contributed by atoms with E-state index in [4.69, 9.17) is 9.84 Å². The van der Waals surface area contributed by atoms with E-state index in [9.17, 15) is 4.79 Å². The Morgan fingerprint density at radius 3 is 3.00 bits per heavy atom. The van der Waals surface area contributed by atoms with E-state index in [2.05, 4.69) is 4.98 Å². The molecule has 16 heavy (non-hydrogen) atoms. The zero-order valence-corrected chi connectivity index (χ0v) is 9.43. The summed E-state index contributed by atoms with van der Waals surface area (Å²) in [5, 5.41) is 8.75. The second-order valence-electron chi connectivity index (χ2n) is 3.57. The molecule has 0 aromatic carbocycles. The van der Waals surface area contributed by atoms with Gasteiger partial charge in [-0.2, -0.15) is 0 Å². The van der Waals surface area contributed by atoms with Gasteiger partial charge in [-0.05, 0) is 30.9 Å². The lowest BCUT2D eigenvalue weighted by Gasteiger charge is -2.10. The van der Waals surface area contributed by atoms with Gasteiger partial charge >= 0.3 is 5.97 Å². The first-order chi connectivity index (χ1) is 7.74. The normalized spacial score (nSPS) is 12.3. The molecule has 1 heterocycles. The zero-order valence-electron chi connectivity index (χ0n) is 9.43. The molecule has 4 heteroatoms. The van der Waals surface area contributed by atoms with E-state index in [1.165, 1.54) is 0 Å². The third kappa shape index (κ3) is 4.40. The lowest BCUT2D eigenvalue weighted by atomic mass is 10.2. The van der Waals surface area contributed by atoms with Crippen molar-refractivity contribution in [1.29, 1.82) is 0 Å². The van der Waals surface area contributed by atoms with Crippen LogP contribution in [0.5, 0.6) is 0 Å². The minimum atomic E-state index is -0.885. The van der Waals surface area contributed by atoms with Crippen molar-refractivity contribution >= 4 is 5.97 Å². The van der Waals surface area contributed by atoms with E-state index >= 15 is 0 Å². The first-order valence-electron chi connectivity index (χ1n) is 5.47. The quantitative estimate of drug-likeness (QED) is 0.717. The lowest BCUT2D eigenvalue weighted by Crippen LogP contribution is -2.23. The van der Waals surface area contributed by atoms with E-state index in [-0.39, 0.29) is 0 Å². The van der Waals surface area contributed by atoms with Crippen molar-refractivity contribution in [3.05, 3.63) is 30.1 Å². The predicted octanol–water partition coefficient (Wildman–Crippen LogP) is 1.89. The molecule has 0 fully saturated rings. The Kier molecular flexibility index (Phi) is 5.50. The number of pyridine rings is 1. The summed E-state index contributed by atoms with van der Waals surface area (Å²) in [5.41, 5.74) is 1.15. The summed E-state index contributed by atoms with van der Waals surface area (Å²) >= 11 is 0. The van der Waals surface area contributed by atoms with Gasteiger partial charge in [0, 0.05) is 19.0 Å². The number of hydrogen-bond donors (Lipinski definition) is 1. The highest BCUT2D eigenvalue weighted by Gasteiger charge is 2.14. The lowest BCUT2D eigenvalue weighted by molar-refractivity contribution is -0.150. The molecule has 0 aliphatic rings. The minimum absolute atomic E-state index is 0.472. The largest absolute Gasteiger partial charge is 0.479 e. The highest BCUT2D eigenvalue weighted by atomic mass is 16.5. The van der Waals surface area contributed by atoms with E-state index in [1.54, 1.807) is 13.1 Å². The van der Waals surface area contributed by atoms with Gasteiger partial charge in [0.05, 0.1) is 0 Å². The molecule has 1 rings (SSSR count). The van der Waals surface area contributed by atoms with Gasteiger partial charge < -0.3 is 9.84 Å². The standard InChI is InChI=1S/C12H17NO3/c1-2-11(12(14)15)16-8-4-6-10-5-3-7-13-9-10/h3,5,7,9,11H,2,4,6,8H2,1H3,(H,14,15). The molecule has 1 atom stereocenters. The summed E-state index contributed by atoms with van der Waals surface area (Å²) in [7, 11) is 0. The van der Waals surface area contributed by atoms with Gasteiger partial charge in [0.1, 0.15) is 0 Å². The van der Waals surface area contributed by atoms with Crippen LogP contribution in [0, 0.1) is 0 Å². The Labute approximate surface area is 95.3 Å². The molecular formula is C12H17NO3. The van der Waals surface area contributed by atoms with E-state index in [0.29, 0.717) is 13.0 Å². The number of carboxylic acid groups (broad SMARTS) is 1. The first-order valence-corrected chi connectivity index (χ1v) is 5.47. The number of nitrogens with zero attached hydrogens (tertiary/aromatic N) is 1. The maximum absolute atomic E-state index is 10.7. The van der Waals surface area contributed by atoms with Crippen molar-refractivity contribution in [2.24, 2.45) is 0 Å². The number of ether oxygens (including phenoxy) is 1. The molecule has 1 aromatic rings. The fourth-order valence-electron chi connectivity index (χ4n) is 1.41. The number of rotatable bonds is 7. The summed E-state index contributed by atoms with van der Waals surface area (Å²) in [6.07, 6.45) is 5.06. The van der Waals surface area contributed by atoms with Gasteiger partial charge in [-0.25, -0.2) is 4.79 Å². The molecule has 0 radical (unpaired) electrons. The third-order valence-corrected chi connectivity index (χ3v) is 2.30. The fraction of sp³-hybridized carbons (Fsp3) is 0.500. The molecule has 0 aliphatic heterocycles. The zero-order chi connectivity index (χ0) is 11.8. The second kappa shape index (κ2) is 6.95. The van der Waals surface area contributed by atoms with Crippen LogP contribution >= 0.6 is 0 Å². The Bertz CT molecular complexity index is 313. The third-order valence-electron chi connectivity index (χ3n) is 2.30. The highest BCUT2D eigenvalue weighted by molar-refractivity contribution is 5.72. The number of aromatic nitrogens is 1. The van der Waals surface area contributed by atoms with Crippen LogP contribution in [0.25, 0.3) is 0 Å². The molecule has 4 nitrogen and oxygen atoms in total. The fourth-order valence-corrected chi connectivity index (χ4v) is 1.41. The van der Waals surface area contributed by atoms with E-state index in [0.717, 1.165) is 18.4 Å². The SMILES string of the molecule is CCC(OCCCc1cccnc1)C(=O)O. The molecular weight excluding hydrogens is 206 g/mol. The van der Waals surface area contributed by atoms with Crippen LogP contribution < -0.4 is 0 Å². The number of aryl methyl sites for hydroxylation is 1. The molecule has 0 saturated carbocycles. The Hall–Kier alpha value is -1.42. The maximum atomic E-state index is 10.7. The van der Waals surface area contributed by atoms with Crippen LogP contribution in [-0.4, -0.2) is 28.8 Å². The molecule has 1 aromatic heterocycles. The molecule has 0 aliphatic carbocycles. The van der Waals surface area contributed by atoms with E-state index in [1.807, 2.05) is 18.3 Å². The second-order valence-corrected chi connectivity index (χ2v) is 3.57. The predicted molar refractivity (Wildman–Crippen MR) is 60.2 cm³/mol.